The Bertz CT molecular complexity index is 1380. The van der Waals surface area contributed by atoms with E-state index in [0.717, 1.165) is 55.9 Å². The van der Waals surface area contributed by atoms with Crippen molar-refractivity contribution in [1.82, 2.24) is 15.0 Å². The molecule has 2 N–H and O–H groups in total. The maximum atomic E-state index is 14.1. The number of aryl methyl sites for hydroxylation is 1. The molecule has 6 nitrogen and oxygen atoms in total. The molecule has 220 valence electrons. The lowest BCUT2D eigenvalue weighted by Crippen LogP contribution is -2.44. The van der Waals surface area contributed by atoms with Crippen LogP contribution < -0.4 is 15.5 Å². The molecule has 0 spiro atoms. The van der Waals surface area contributed by atoms with E-state index >= 15 is 0 Å². The van der Waals surface area contributed by atoms with E-state index in [1.54, 1.807) is 18.9 Å². The summed E-state index contributed by atoms with van der Waals surface area (Å²) in [6, 6.07) is 5.55. The van der Waals surface area contributed by atoms with E-state index in [-0.39, 0.29) is 24.3 Å². The molecule has 1 aliphatic heterocycles. The van der Waals surface area contributed by atoms with Crippen LogP contribution in [-0.4, -0.2) is 34.6 Å². The summed E-state index contributed by atoms with van der Waals surface area (Å²) in [5, 5.41) is 6.14. The van der Waals surface area contributed by atoms with Crippen LogP contribution in [0, 0.1) is 12.8 Å². The van der Waals surface area contributed by atoms with Gasteiger partial charge < -0.3 is 15.5 Å². The third-order valence-electron chi connectivity index (χ3n) is 8.09. The number of aromatic nitrogens is 3. The molecule has 0 bridgehead atoms. The highest BCUT2D eigenvalue weighted by molar-refractivity contribution is 5.66. The van der Waals surface area contributed by atoms with Crippen LogP contribution in [0.4, 0.5) is 49.6 Å². The Morgan fingerprint density at radius 1 is 0.951 bits per heavy atom. The number of hydrogen-bond donors (Lipinski definition) is 2. The van der Waals surface area contributed by atoms with Gasteiger partial charge in [0.2, 0.25) is 5.95 Å². The lowest BCUT2D eigenvalue weighted by molar-refractivity contribution is -0.138. The maximum absolute atomic E-state index is 14.1. The van der Waals surface area contributed by atoms with Crippen LogP contribution in [0.2, 0.25) is 0 Å². The zero-order valence-electron chi connectivity index (χ0n) is 22.8. The van der Waals surface area contributed by atoms with E-state index in [0.29, 0.717) is 41.6 Å². The summed E-state index contributed by atoms with van der Waals surface area (Å²) in [7, 11) is 1.67. The molecule has 5 rings (SSSR count). The van der Waals surface area contributed by atoms with Crippen molar-refractivity contribution in [3.8, 4) is 0 Å². The Morgan fingerprint density at radius 3 is 2.37 bits per heavy atom. The summed E-state index contributed by atoms with van der Waals surface area (Å²) < 4.78 is 82.0. The van der Waals surface area contributed by atoms with Gasteiger partial charge in [-0.05, 0) is 68.0 Å². The second-order valence-corrected chi connectivity index (χ2v) is 10.7. The van der Waals surface area contributed by atoms with Crippen molar-refractivity contribution in [2.45, 2.75) is 70.3 Å². The van der Waals surface area contributed by atoms with Gasteiger partial charge in [0, 0.05) is 43.5 Å². The second kappa shape index (κ2) is 11.4. The molecule has 1 aromatic carbocycles. The minimum absolute atomic E-state index is 0.0849. The molecular weight excluding hydrogens is 546 g/mol. The van der Waals surface area contributed by atoms with Crippen molar-refractivity contribution in [1.29, 1.82) is 0 Å². The van der Waals surface area contributed by atoms with Crippen molar-refractivity contribution in [2.24, 2.45) is 5.92 Å². The standard InChI is InChI=1S/C29H32F6N6/c1-17-15-19(28(30,31)32)10-11-22(17)38-25-20-12-14-41(26-21(29(33,34)35)9-6-13-37-26)24(18-7-4-3-5-8-18)16-23(20)39-27(36-2)40-25/h6,9-11,13,15,18,24H,3-5,7-8,12,14,16H2,1-2H3,(H2,36,38,39,40). The molecule has 0 amide bonds. The Balaban J connectivity index is 1.57. The molecule has 0 saturated heterocycles. The summed E-state index contributed by atoms with van der Waals surface area (Å²) in [6.45, 7) is 1.84. The van der Waals surface area contributed by atoms with Gasteiger partial charge in [0.25, 0.3) is 0 Å². The average molecular weight is 579 g/mol. The first-order chi connectivity index (χ1) is 19.5. The number of fused-ring (bicyclic) bond motifs is 1. The molecule has 0 radical (unpaired) electrons. The Kier molecular flexibility index (Phi) is 8.02. The SMILES string of the molecule is CNc1nc2c(c(Nc3ccc(C(F)(F)F)cc3C)n1)CCN(c1ncccc1C(F)(F)F)C(C1CCCCC1)C2. The van der Waals surface area contributed by atoms with Gasteiger partial charge in [0.15, 0.2) is 0 Å². The molecular formula is C29H32F6N6. The van der Waals surface area contributed by atoms with Crippen molar-refractivity contribution in [3.05, 3.63) is 64.5 Å². The van der Waals surface area contributed by atoms with Crippen molar-refractivity contribution in [3.63, 3.8) is 0 Å². The van der Waals surface area contributed by atoms with Crippen LogP contribution in [0.15, 0.2) is 36.5 Å². The highest BCUT2D eigenvalue weighted by Crippen LogP contribution is 2.41. The number of benzene rings is 1. The predicted molar refractivity (Wildman–Crippen MR) is 145 cm³/mol. The van der Waals surface area contributed by atoms with Gasteiger partial charge in [-0.1, -0.05) is 19.3 Å². The van der Waals surface area contributed by atoms with E-state index in [9.17, 15) is 26.3 Å². The maximum Gasteiger partial charge on any atom is 0.419 e. The van der Waals surface area contributed by atoms with Crippen LogP contribution >= 0.6 is 0 Å². The molecule has 2 aromatic heterocycles. The monoisotopic (exact) mass is 578 g/mol. The van der Waals surface area contributed by atoms with Gasteiger partial charge in [-0.2, -0.15) is 31.3 Å². The van der Waals surface area contributed by atoms with Crippen LogP contribution in [0.5, 0.6) is 0 Å². The Hall–Kier alpha value is -3.57. The fourth-order valence-corrected chi connectivity index (χ4v) is 6.04. The number of nitrogens with one attached hydrogen (secondary N) is 2. The number of hydrogen-bond acceptors (Lipinski definition) is 6. The highest BCUT2D eigenvalue weighted by atomic mass is 19.4. The average Bonchev–Trinajstić information content (AvgIpc) is 3.13. The molecule has 12 heteroatoms. The zero-order chi connectivity index (χ0) is 29.4. The number of rotatable bonds is 5. The first kappa shape index (κ1) is 28.9. The van der Waals surface area contributed by atoms with Gasteiger partial charge in [0.05, 0.1) is 16.8 Å². The van der Waals surface area contributed by atoms with Crippen LogP contribution in [0.3, 0.4) is 0 Å². The van der Waals surface area contributed by atoms with Crippen LogP contribution in [0.25, 0.3) is 0 Å². The van der Waals surface area contributed by atoms with Crippen molar-refractivity contribution < 1.29 is 26.3 Å². The molecule has 1 unspecified atom stereocenters. The normalized spacial score (nSPS) is 18.5. The summed E-state index contributed by atoms with van der Waals surface area (Å²) >= 11 is 0. The summed E-state index contributed by atoms with van der Waals surface area (Å²) in [6.07, 6.45) is -1.97. The van der Waals surface area contributed by atoms with Crippen molar-refractivity contribution in [2.75, 3.05) is 29.1 Å². The van der Waals surface area contributed by atoms with Crippen LogP contribution in [-0.2, 0) is 25.2 Å². The topological polar surface area (TPSA) is 66.0 Å². The van der Waals surface area contributed by atoms with E-state index in [2.05, 4.69) is 20.6 Å². The third-order valence-corrected chi connectivity index (χ3v) is 8.09. The first-order valence-electron chi connectivity index (χ1n) is 13.8. The lowest BCUT2D eigenvalue weighted by Gasteiger charge is -2.39. The van der Waals surface area contributed by atoms with Gasteiger partial charge in [-0.15, -0.1) is 0 Å². The Morgan fingerprint density at radius 2 is 1.71 bits per heavy atom. The number of halogens is 6. The number of alkyl halides is 6. The number of pyridine rings is 1. The summed E-state index contributed by atoms with van der Waals surface area (Å²) in [4.78, 5) is 15.3. The van der Waals surface area contributed by atoms with Gasteiger partial charge in [-0.25, -0.2) is 9.97 Å². The second-order valence-electron chi connectivity index (χ2n) is 10.7. The van der Waals surface area contributed by atoms with E-state index in [1.807, 2.05) is 0 Å². The first-order valence-corrected chi connectivity index (χ1v) is 13.8. The third kappa shape index (κ3) is 6.20. The fourth-order valence-electron chi connectivity index (χ4n) is 6.04. The molecule has 1 saturated carbocycles. The molecule has 1 atom stereocenters. The molecule has 2 aliphatic rings. The minimum atomic E-state index is -4.56. The van der Waals surface area contributed by atoms with E-state index in [4.69, 9.17) is 4.98 Å². The minimum Gasteiger partial charge on any atom is -0.357 e. The van der Waals surface area contributed by atoms with Gasteiger partial charge in [-0.3, -0.25) is 0 Å². The molecule has 1 fully saturated rings. The van der Waals surface area contributed by atoms with E-state index in [1.165, 1.54) is 18.3 Å². The smallest absolute Gasteiger partial charge is 0.357 e. The fraction of sp³-hybridized carbons (Fsp3) is 0.483. The highest BCUT2D eigenvalue weighted by Gasteiger charge is 2.40. The quantitative estimate of drug-likeness (QED) is 0.305. The van der Waals surface area contributed by atoms with E-state index < -0.39 is 23.5 Å². The molecule has 41 heavy (non-hydrogen) atoms. The van der Waals surface area contributed by atoms with Gasteiger partial charge in [0.1, 0.15) is 11.6 Å². The summed E-state index contributed by atoms with van der Waals surface area (Å²) in [5.41, 5.74) is 0.758. The lowest BCUT2D eigenvalue weighted by atomic mass is 9.81. The Labute approximate surface area is 234 Å². The summed E-state index contributed by atoms with van der Waals surface area (Å²) in [5.74, 6) is 0.821. The zero-order valence-corrected chi connectivity index (χ0v) is 22.8. The predicted octanol–water partition coefficient (Wildman–Crippen LogP) is 7.56. The van der Waals surface area contributed by atoms with Crippen molar-refractivity contribution >= 4 is 23.3 Å². The molecule has 1 aliphatic carbocycles. The largest absolute Gasteiger partial charge is 0.419 e. The number of nitrogens with zero attached hydrogens (tertiary/aromatic N) is 4. The molecule has 3 heterocycles. The number of anilines is 4. The molecule has 3 aromatic rings. The van der Waals surface area contributed by atoms with Crippen LogP contribution in [0.1, 0.15) is 60.1 Å². The van der Waals surface area contributed by atoms with Gasteiger partial charge >= 0.3 is 12.4 Å².